The predicted molar refractivity (Wildman–Crippen MR) is 388 cm³/mol. The quantitative estimate of drug-likeness (QED) is 0.0205. The van der Waals surface area contributed by atoms with E-state index in [0.717, 1.165) is 70.6 Å². The fourth-order valence-corrected chi connectivity index (χ4v) is 12.5. The zero-order valence-electron chi connectivity index (χ0n) is 60.2. The molecule has 89 heavy (non-hydrogen) atoms. The molecule has 0 heterocycles. The van der Waals surface area contributed by atoms with Crippen LogP contribution in [-0.4, -0.2) is 74.3 Å². The Bertz CT molecular complexity index is 1660. The minimum Gasteiger partial charge on any atom is -0.456 e. The third kappa shape index (κ3) is 70.1. The lowest BCUT2D eigenvalue weighted by Gasteiger charge is -2.27. The fraction of sp³-hybridized carbons (Fsp3) is 0.873. The van der Waals surface area contributed by atoms with Crippen LogP contribution in [0.5, 0.6) is 0 Å². The highest BCUT2D eigenvalue weighted by molar-refractivity contribution is 7.47. The van der Waals surface area contributed by atoms with Gasteiger partial charge in [-0.2, -0.15) is 0 Å². The van der Waals surface area contributed by atoms with Crippen molar-refractivity contribution in [1.29, 1.82) is 0 Å². The molecule has 0 spiro atoms. The Balaban J connectivity index is 4.98. The third-order valence-corrected chi connectivity index (χ3v) is 18.8. The molecule has 0 aromatic carbocycles. The molecule has 0 saturated carbocycles. The number of allylic oxidation sites excluding steroid dienone is 7. The lowest BCUT2D eigenvalue weighted by molar-refractivity contribution is -0.870. The van der Waals surface area contributed by atoms with Crippen LogP contribution in [0.1, 0.15) is 393 Å². The summed E-state index contributed by atoms with van der Waals surface area (Å²) in [5.41, 5.74) is 0. The number of phosphoric ester groups is 1. The van der Waals surface area contributed by atoms with Crippen LogP contribution in [0.2, 0.25) is 0 Å². The van der Waals surface area contributed by atoms with Gasteiger partial charge in [-0.25, -0.2) is 4.57 Å². The highest BCUT2D eigenvalue weighted by Gasteiger charge is 2.30. The van der Waals surface area contributed by atoms with Gasteiger partial charge < -0.3 is 19.4 Å². The van der Waals surface area contributed by atoms with E-state index in [0.29, 0.717) is 23.9 Å². The second-order valence-electron chi connectivity index (χ2n) is 27.9. The molecule has 9 nitrogen and oxygen atoms in total. The van der Waals surface area contributed by atoms with Gasteiger partial charge in [0, 0.05) is 12.8 Å². The monoisotopic (exact) mass is 1270 g/mol. The maximum atomic E-state index is 13.7. The number of esters is 1. The molecular formula is C79H152N2O7P+. The molecule has 0 aromatic heterocycles. The highest BCUT2D eigenvalue weighted by Crippen LogP contribution is 2.43. The van der Waals surface area contributed by atoms with Crippen molar-refractivity contribution in [3.63, 3.8) is 0 Å². The van der Waals surface area contributed by atoms with E-state index in [1.165, 1.54) is 289 Å². The first-order valence-electron chi connectivity index (χ1n) is 39.0. The summed E-state index contributed by atoms with van der Waals surface area (Å²) in [7, 11) is 1.51. The van der Waals surface area contributed by atoms with E-state index in [-0.39, 0.29) is 25.1 Å². The van der Waals surface area contributed by atoms with E-state index < -0.39 is 20.0 Å². The molecule has 0 radical (unpaired) electrons. The Hall–Kier alpha value is -2.03. The van der Waals surface area contributed by atoms with Crippen molar-refractivity contribution in [1.82, 2.24) is 5.32 Å². The summed E-state index contributed by atoms with van der Waals surface area (Å²) in [5, 5.41) is 3.09. The Kier molecular flexibility index (Phi) is 67.2. The Morgan fingerprint density at radius 2 is 0.685 bits per heavy atom. The zero-order valence-corrected chi connectivity index (χ0v) is 61.1. The number of carbonyl (C=O) groups excluding carboxylic acids is 2. The maximum Gasteiger partial charge on any atom is 0.472 e. The third-order valence-electron chi connectivity index (χ3n) is 17.8. The fourth-order valence-electron chi connectivity index (χ4n) is 11.8. The van der Waals surface area contributed by atoms with Gasteiger partial charge in [-0.1, -0.05) is 359 Å². The number of amides is 1. The Morgan fingerprint density at radius 3 is 1.04 bits per heavy atom. The number of rotatable bonds is 72. The number of carbonyl (C=O) groups is 2. The van der Waals surface area contributed by atoms with E-state index in [9.17, 15) is 19.0 Å². The second-order valence-corrected chi connectivity index (χ2v) is 29.3. The van der Waals surface area contributed by atoms with Crippen LogP contribution in [0.15, 0.2) is 48.6 Å². The number of hydrogen-bond acceptors (Lipinski definition) is 6. The van der Waals surface area contributed by atoms with Crippen molar-refractivity contribution in [3.05, 3.63) is 48.6 Å². The Morgan fingerprint density at radius 1 is 0.393 bits per heavy atom. The number of nitrogens with zero attached hydrogens (tertiary/aromatic N) is 1. The van der Waals surface area contributed by atoms with Crippen molar-refractivity contribution in [3.8, 4) is 0 Å². The molecule has 524 valence electrons. The number of quaternary nitrogens is 1. The van der Waals surface area contributed by atoms with Gasteiger partial charge in [0.05, 0.1) is 33.8 Å². The average Bonchev–Trinajstić information content (AvgIpc) is 3.67. The highest BCUT2D eigenvalue weighted by atomic mass is 31.2. The van der Waals surface area contributed by atoms with Crippen molar-refractivity contribution >= 4 is 19.7 Å². The summed E-state index contributed by atoms with van der Waals surface area (Å²) in [4.78, 5) is 38.0. The summed E-state index contributed by atoms with van der Waals surface area (Å²) in [6.07, 6.45) is 88.5. The number of ether oxygens (including phenoxy) is 1. The van der Waals surface area contributed by atoms with Crippen LogP contribution < -0.4 is 5.32 Å². The molecule has 0 saturated heterocycles. The topological polar surface area (TPSA) is 111 Å². The first-order chi connectivity index (χ1) is 43.4. The van der Waals surface area contributed by atoms with Gasteiger partial charge in [0.1, 0.15) is 19.3 Å². The minimum absolute atomic E-state index is 0.0420. The van der Waals surface area contributed by atoms with Crippen LogP contribution in [-0.2, 0) is 27.9 Å². The SMILES string of the molecule is CCCCC/C=C\C/C=C\C/C=C\CCCCCCCCCCCCCCC(=O)NC(COP(=O)(O)OCC[N+](C)(C)C)C(/C=C/CCCCCCCCCCCCC)OC(=O)CCCCCCCCCCCCCCCCCCCCCCCCCCC. The van der Waals surface area contributed by atoms with Gasteiger partial charge in [-0.3, -0.25) is 18.6 Å². The Labute approximate surface area is 554 Å². The lowest BCUT2D eigenvalue weighted by atomic mass is 10.0. The maximum absolute atomic E-state index is 13.7. The number of unbranched alkanes of at least 4 members (excludes halogenated alkanes) is 50. The van der Waals surface area contributed by atoms with Crippen LogP contribution in [0.3, 0.4) is 0 Å². The van der Waals surface area contributed by atoms with Crippen molar-refractivity contribution in [2.24, 2.45) is 0 Å². The summed E-state index contributed by atoms with van der Waals surface area (Å²) in [6.45, 7) is 7.06. The van der Waals surface area contributed by atoms with Gasteiger partial charge in [0.15, 0.2) is 0 Å². The van der Waals surface area contributed by atoms with Crippen LogP contribution in [0.4, 0.5) is 0 Å². The molecule has 0 bridgehead atoms. The lowest BCUT2D eigenvalue weighted by Crippen LogP contribution is -2.47. The summed E-state index contributed by atoms with van der Waals surface area (Å²) in [6, 6.07) is -0.849. The minimum atomic E-state index is -4.46. The summed E-state index contributed by atoms with van der Waals surface area (Å²) in [5.74, 6) is -0.485. The normalized spacial score (nSPS) is 13.7. The summed E-state index contributed by atoms with van der Waals surface area (Å²) >= 11 is 0. The standard InChI is InChI=1S/C79H151N2O7P/c1-7-10-13-16-19-22-25-28-30-32-34-36-38-40-42-44-46-48-50-53-56-59-62-65-68-71-78(82)80-76(75-87-89(84,85)86-74-73-81(4,5)6)77(70-67-64-61-58-55-52-27-24-21-18-15-12-9-3)88-79(83)72-69-66-63-60-57-54-51-49-47-45-43-41-39-37-35-33-31-29-26-23-20-17-14-11-8-2/h19,22,28,30,34,36,67,70,76-77H,7-18,20-21,23-27,29,31-33,35,37-66,68-69,71-75H2,1-6H3,(H-,80,82,84,85)/p+1/b22-19-,30-28-,36-34-,70-67+. The number of phosphoric acid groups is 1. The average molecular weight is 1270 g/mol. The van der Waals surface area contributed by atoms with E-state index in [1.54, 1.807) is 0 Å². The first kappa shape index (κ1) is 87.0. The molecule has 0 aliphatic carbocycles. The van der Waals surface area contributed by atoms with Gasteiger partial charge >= 0.3 is 13.8 Å². The van der Waals surface area contributed by atoms with Gasteiger partial charge in [-0.15, -0.1) is 0 Å². The molecular weight excluding hydrogens is 1120 g/mol. The van der Waals surface area contributed by atoms with Crippen LogP contribution in [0, 0.1) is 0 Å². The molecule has 0 rings (SSSR count). The van der Waals surface area contributed by atoms with Crippen LogP contribution >= 0.6 is 7.82 Å². The molecule has 0 aromatic rings. The molecule has 10 heteroatoms. The van der Waals surface area contributed by atoms with E-state index in [2.05, 4.69) is 68.6 Å². The molecule has 2 N–H and O–H groups in total. The largest absolute Gasteiger partial charge is 0.472 e. The molecule has 1 amide bonds. The predicted octanol–water partition coefficient (Wildman–Crippen LogP) is 25.1. The smallest absolute Gasteiger partial charge is 0.456 e. The second kappa shape index (κ2) is 68.8. The zero-order chi connectivity index (χ0) is 64.9. The number of hydrogen-bond donors (Lipinski definition) is 2. The van der Waals surface area contributed by atoms with Crippen molar-refractivity contribution in [2.45, 2.75) is 405 Å². The van der Waals surface area contributed by atoms with Gasteiger partial charge in [0.2, 0.25) is 5.91 Å². The van der Waals surface area contributed by atoms with E-state index >= 15 is 0 Å². The van der Waals surface area contributed by atoms with E-state index in [1.807, 2.05) is 27.2 Å². The van der Waals surface area contributed by atoms with Gasteiger partial charge in [0.25, 0.3) is 0 Å². The van der Waals surface area contributed by atoms with Gasteiger partial charge in [-0.05, 0) is 70.3 Å². The van der Waals surface area contributed by atoms with Crippen LogP contribution in [0.25, 0.3) is 0 Å². The van der Waals surface area contributed by atoms with E-state index in [4.69, 9.17) is 13.8 Å². The molecule has 3 atom stereocenters. The number of likely N-dealkylation sites (N-methyl/N-ethyl adjacent to an activating group) is 1. The summed E-state index contributed by atoms with van der Waals surface area (Å²) < 4.78 is 30.9. The molecule has 3 unspecified atom stereocenters. The molecule has 0 aliphatic heterocycles. The molecule has 0 fully saturated rings. The van der Waals surface area contributed by atoms with Crippen molar-refractivity contribution in [2.75, 3.05) is 40.9 Å². The molecule has 0 aliphatic rings. The first-order valence-corrected chi connectivity index (χ1v) is 40.5. The van der Waals surface area contributed by atoms with Crippen molar-refractivity contribution < 1.29 is 37.3 Å². The number of nitrogens with one attached hydrogen (secondary N) is 1.